The van der Waals surface area contributed by atoms with E-state index >= 15 is 0 Å². The molecule has 1 aliphatic rings. The van der Waals surface area contributed by atoms with Gasteiger partial charge in [0.25, 0.3) is 0 Å². The van der Waals surface area contributed by atoms with Gasteiger partial charge in [0.05, 0.1) is 14.2 Å². The Kier molecular flexibility index (Phi) is 12.9. The Balaban J connectivity index is 0.00000225. The lowest BCUT2D eigenvalue weighted by atomic mass is 10.0. The molecule has 0 aliphatic carbocycles. The minimum atomic E-state index is 0. The number of hydrogen-bond donors (Lipinski definition) is 1. The molecule has 1 heterocycles. The zero-order valence-corrected chi connectivity index (χ0v) is 19.8. The lowest BCUT2D eigenvalue weighted by Gasteiger charge is -2.34. The Morgan fingerprint density at radius 2 is 1.67 bits per heavy atom. The summed E-state index contributed by atoms with van der Waals surface area (Å²) in [5, 5.41) is 3.69. The Morgan fingerprint density at radius 3 is 2.40 bits per heavy atom. The average Bonchev–Trinajstić information content (AvgIpc) is 2.76. The zero-order chi connectivity index (χ0) is 19.6. The molecular formula is C24H36Cl2N2O2. The normalized spacial score (nSPS) is 16.3. The van der Waals surface area contributed by atoms with Crippen LogP contribution in [0, 0.1) is 0 Å². The van der Waals surface area contributed by atoms with E-state index in [-0.39, 0.29) is 24.8 Å². The molecule has 6 heteroatoms. The number of hydrogen-bond acceptors (Lipinski definition) is 4. The molecule has 2 aromatic rings. The van der Waals surface area contributed by atoms with Crippen molar-refractivity contribution < 1.29 is 9.47 Å². The molecule has 2 aromatic carbocycles. The summed E-state index contributed by atoms with van der Waals surface area (Å²) in [6.45, 7) is 4.62. The summed E-state index contributed by atoms with van der Waals surface area (Å²) in [6, 6.07) is 17.6. The molecule has 30 heavy (non-hydrogen) atoms. The van der Waals surface area contributed by atoms with Gasteiger partial charge >= 0.3 is 0 Å². The number of benzene rings is 2. The lowest BCUT2D eigenvalue weighted by Crippen LogP contribution is -2.50. The highest BCUT2D eigenvalue weighted by Crippen LogP contribution is 2.28. The van der Waals surface area contributed by atoms with E-state index in [1.165, 1.54) is 36.9 Å². The minimum Gasteiger partial charge on any atom is -0.493 e. The van der Waals surface area contributed by atoms with Gasteiger partial charge in [-0.05, 0) is 61.9 Å². The first-order valence-electron chi connectivity index (χ1n) is 10.5. The molecule has 0 spiro atoms. The van der Waals surface area contributed by atoms with E-state index in [4.69, 9.17) is 9.47 Å². The quantitative estimate of drug-likeness (QED) is 0.523. The fourth-order valence-corrected chi connectivity index (χ4v) is 3.98. The molecule has 4 nitrogen and oxygen atoms in total. The molecule has 168 valence electrons. The van der Waals surface area contributed by atoms with Crippen LogP contribution in [-0.4, -0.2) is 51.3 Å². The third kappa shape index (κ3) is 8.35. The molecule has 0 radical (unpaired) electrons. The fraction of sp³-hybridized carbons (Fsp3) is 0.500. The van der Waals surface area contributed by atoms with Crippen LogP contribution in [-0.2, 0) is 12.8 Å². The van der Waals surface area contributed by atoms with Gasteiger partial charge in [-0.1, -0.05) is 36.4 Å². The fourth-order valence-electron chi connectivity index (χ4n) is 3.98. The summed E-state index contributed by atoms with van der Waals surface area (Å²) < 4.78 is 10.8. The van der Waals surface area contributed by atoms with E-state index in [2.05, 4.69) is 52.7 Å². The maximum atomic E-state index is 5.42. The van der Waals surface area contributed by atoms with Crippen molar-refractivity contribution in [2.24, 2.45) is 0 Å². The smallest absolute Gasteiger partial charge is 0.160 e. The SMILES string of the molecule is COc1ccc(CCC2CN(CCCCc3ccccc3)CCN2)cc1OC.Cl.Cl. The molecular weight excluding hydrogens is 419 g/mol. The van der Waals surface area contributed by atoms with Gasteiger partial charge in [0.1, 0.15) is 0 Å². The molecule has 1 saturated heterocycles. The first-order valence-corrected chi connectivity index (χ1v) is 10.5. The number of nitrogens with zero attached hydrogens (tertiary/aromatic N) is 1. The molecule has 1 unspecified atom stereocenters. The minimum absolute atomic E-state index is 0. The highest BCUT2D eigenvalue weighted by molar-refractivity contribution is 5.85. The van der Waals surface area contributed by atoms with Crippen molar-refractivity contribution >= 4 is 24.8 Å². The zero-order valence-electron chi connectivity index (χ0n) is 18.1. The number of rotatable bonds is 10. The maximum absolute atomic E-state index is 5.42. The van der Waals surface area contributed by atoms with Crippen LogP contribution >= 0.6 is 24.8 Å². The number of nitrogens with one attached hydrogen (secondary N) is 1. The lowest BCUT2D eigenvalue weighted by molar-refractivity contribution is 0.191. The van der Waals surface area contributed by atoms with Crippen LogP contribution in [0.1, 0.15) is 30.4 Å². The maximum Gasteiger partial charge on any atom is 0.160 e. The van der Waals surface area contributed by atoms with Gasteiger partial charge < -0.3 is 19.7 Å². The molecule has 1 fully saturated rings. The first kappa shape index (κ1) is 26.6. The van der Waals surface area contributed by atoms with Gasteiger partial charge in [0.2, 0.25) is 0 Å². The molecule has 0 aromatic heterocycles. The van der Waals surface area contributed by atoms with Crippen molar-refractivity contribution in [2.45, 2.75) is 38.1 Å². The topological polar surface area (TPSA) is 33.7 Å². The molecule has 1 aliphatic heterocycles. The van der Waals surface area contributed by atoms with Crippen LogP contribution in [0.5, 0.6) is 11.5 Å². The second kappa shape index (κ2) is 14.5. The summed E-state index contributed by atoms with van der Waals surface area (Å²) in [7, 11) is 3.37. The van der Waals surface area contributed by atoms with E-state index in [1.807, 2.05) is 6.07 Å². The van der Waals surface area contributed by atoms with Crippen molar-refractivity contribution in [2.75, 3.05) is 40.4 Å². The summed E-state index contributed by atoms with van der Waals surface area (Å²) in [4.78, 5) is 2.63. The van der Waals surface area contributed by atoms with Crippen LogP contribution in [0.15, 0.2) is 48.5 Å². The summed E-state index contributed by atoms with van der Waals surface area (Å²) >= 11 is 0. The highest BCUT2D eigenvalue weighted by Gasteiger charge is 2.18. The molecule has 1 atom stereocenters. The Morgan fingerprint density at radius 1 is 0.900 bits per heavy atom. The number of aryl methyl sites for hydroxylation is 2. The van der Waals surface area contributed by atoms with Gasteiger partial charge in [-0.3, -0.25) is 0 Å². The Labute approximate surface area is 194 Å². The van der Waals surface area contributed by atoms with Crippen molar-refractivity contribution in [1.82, 2.24) is 10.2 Å². The molecule has 0 saturated carbocycles. The van der Waals surface area contributed by atoms with E-state index in [0.717, 1.165) is 44.0 Å². The van der Waals surface area contributed by atoms with E-state index < -0.39 is 0 Å². The number of halogens is 2. The molecule has 0 bridgehead atoms. The van der Waals surface area contributed by atoms with Crippen molar-refractivity contribution in [1.29, 1.82) is 0 Å². The number of piperazine rings is 1. The van der Waals surface area contributed by atoms with Gasteiger partial charge in [-0.15, -0.1) is 24.8 Å². The second-order valence-electron chi connectivity index (χ2n) is 7.62. The van der Waals surface area contributed by atoms with Crippen molar-refractivity contribution in [3.05, 3.63) is 59.7 Å². The third-order valence-corrected chi connectivity index (χ3v) is 5.60. The number of unbranched alkanes of at least 4 members (excludes halogenated alkanes) is 1. The van der Waals surface area contributed by atoms with Crippen LogP contribution in [0.3, 0.4) is 0 Å². The van der Waals surface area contributed by atoms with E-state index in [0.29, 0.717) is 6.04 Å². The first-order chi connectivity index (χ1) is 13.8. The van der Waals surface area contributed by atoms with Crippen LogP contribution in [0.25, 0.3) is 0 Å². The van der Waals surface area contributed by atoms with Crippen LogP contribution in [0.4, 0.5) is 0 Å². The molecule has 3 rings (SSSR count). The number of methoxy groups -OCH3 is 2. The highest BCUT2D eigenvalue weighted by atomic mass is 35.5. The third-order valence-electron chi connectivity index (χ3n) is 5.60. The predicted octanol–water partition coefficient (Wildman–Crippen LogP) is 4.78. The number of ether oxygens (including phenoxy) is 2. The van der Waals surface area contributed by atoms with Gasteiger partial charge in [0.15, 0.2) is 11.5 Å². The van der Waals surface area contributed by atoms with Crippen LogP contribution < -0.4 is 14.8 Å². The van der Waals surface area contributed by atoms with Crippen molar-refractivity contribution in [3.63, 3.8) is 0 Å². The summed E-state index contributed by atoms with van der Waals surface area (Å²) in [5.41, 5.74) is 2.76. The summed E-state index contributed by atoms with van der Waals surface area (Å²) in [5.74, 6) is 1.61. The van der Waals surface area contributed by atoms with Gasteiger partial charge in [-0.25, -0.2) is 0 Å². The second-order valence-corrected chi connectivity index (χ2v) is 7.62. The van der Waals surface area contributed by atoms with Gasteiger partial charge in [-0.2, -0.15) is 0 Å². The van der Waals surface area contributed by atoms with E-state index in [9.17, 15) is 0 Å². The Bertz CT molecular complexity index is 716. The average molecular weight is 455 g/mol. The van der Waals surface area contributed by atoms with Crippen LogP contribution in [0.2, 0.25) is 0 Å². The molecule has 1 N–H and O–H groups in total. The van der Waals surface area contributed by atoms with Gasteiger partial charge in [0, 0.05) is 25.7 Å². The van der Waals surface area contributed by atoms with E-state index in [1.54, 1.807) is 14.2 Å². The van der Waals surface area contributed by atoms with Crippen molar-refractivity contribution in [3.8, 4) is 11.5 Å². The predicted molar refractivity (Wildman–Crippen MR) is 130 cm³/mol. The summed E-state index contributed by atoms with van der Waals surface area (Å²) in [6.07, 6.45) is 5.94. The molecule has 0 amide bonds. The Hall–Kier alpha value is -1.46. The standard InChI is InChI=1S/C24H34N2O2.2ClH/c1-27-23-14-12-21(18-24(23)28-2)11-13-22-19-26(17-15-25-22)16-7-6-10-20-8-4-3-5-9-20;;/h3-5,8-9,12,14,18,22,25H,6-7,10-11,13,15-17,19H2,1-2H3;2*1H. The largest absolute Gasteiger partial charge is 0.493 e. The monoisotopic (exact) mass is 454 g/mol.